The highest BCUT2D eigenvalue weighted by Gasteiger charge is 2.25. The molecule has 0 aromatic carbocycles. The van der Waals surface area contributed by atoms with E-state index in [4.69, 9.17) is 0 Å². The highest BCUT2D eigenvalue weighted by molar-refractivity contribution is 7.73. The van der Waals surface area contributed by atoms with E-state index in [-0.39, 0.29) is 0 Å². The molecule has 4 heterocycles. The van der Waals surface area contributed by atoms with Crippen molar-refractivity contribution in [2.24, 2.45) is 28.2 Å². The van der Waals surface area contributed by atoms with Gasteiger partial charge in [-0.25, -0.2) is 19.9 Å². The Kier molecular flexibility index (Phi) is 5.93. The maximum absolute atomic E-state index is 4.65. The van der Waals surface area contributed by atoms with Crippen LogP contribution in [0.1, 0.15) is 6.42 Å². The molecule has 0 aliphatic rings. The second-order valence-corrected chi connectivity index (χ2v) is 11.2. The van der Waals surface area contributed by atoms with Gasteiger partial charge in [-0.15, -0.1) is 0 Å². The molecule has 0 saturated carbocycles. The summed E-state index contributed by atoms with van der Waals surface area (Å²) in [5.41, 5.74) is 4.47. The van der Waals surface area contributed by atoms with Gasteiger partial charge in [-0.2, -0.15) is 0 Å². The Morgan fingerprint density at radius 1 is 0.552 bits per heavy atom. The number of hydrogen-bond donors (Lipinski definition) is 0. The predicted octanol–water partition coefficient (Wildman–Crippen LogP) is 0.576. The van der Waals surface area contributed by atoms with Crippen LogP contribution in [0.2, 0.25) is 0 Å². The minimum absolute atomic E-state index is 0.620. The van der Waals surface area contributed by atoms with Crippen LogP contribution in [0.15, 0.2) is 49.6 Å². The molecule has 0 aliphatic heterocycles. The van der Waals surface area contributed by atoms with E-state index in [9.17, 15) is 0 Å². The van der Waals surface area contributed by atoms with E-state index in [0.717, 1.165) is 41.0 Å². The van der Waals surface area contributed by atoms with Crippen LogP contribution in [0.5, 0.6) is 0 Å². The topological polar surface area (TPSA) is 71.3 Å². The Labute approximate surface area is 173 Å². The van der Waals surface area contributed by atoms with Crippen LogP contribution in [0.25, 0.3) is 0 Å². The van der Waals surface area contributed by atoms with Crippen molar-refractivity contribution in [1.29, 1.82) is 0 Å². The number of nitrogens with zero attached hydrogens (tertiary/aromatic N) is 8. The summed E-state index contributed by atoms with van der Waals surface area (Å²) < 4.78 is 8.50. The minimum Gasteiger partial charge on any atom is -0.334 e. The molecule has 0 atom stereocenters. The van der Waals surface area contributed by atoms with Crippen LogP contribution in [-0.2, 0) is 28.2 Å². The molecule has 0 spiro atoms. The Balaban J connectivity index is 1.57. The van der Waals surface area contributed by atoms with E-state index in [2.05, 4.69) is 66.4 Å². The zero-order valence-electron chi connectivity index (χ0n) is 17.2. The largest absolute Gasteiger partial charge is 0.334 e. The van der Waals surface area contributed by atoms with Crippen LogP contribution in [0.3, 0.4) is 0 Å². The van der Waals surface area contributed by atoms with Gasteiger partial charge in [-0.05, 0) is 18.7 Å². The predicted molar refractivity (Wildman–Crippen MR) is 120 cm³/mol. The molecule has 29 heavy (non-hydrogen) atoms. The zero-order valence-corrected chi connectivity index (χ0v) is 19.0. The fourth-order valence-electron chi connectivity index (χ4n) is 3.44. The van der Waals surface area contributed by atoms with E-state index in [1.165, 1.54) is 0 Å². The Morgan fingerprint density at radius 3 is 1.03 bits per heavy atom. The SMILES string of the molecule is Cn1ccnc1P(CCCP(c1nccn1C)c1nccn1C)c1nccn1C. The number of hydrogen-bond acceptors (Lipinski definition) is 4. The zero-order chi connectivity index (χ0) is 20.4. The Hall–Kier alpha value is -2.30. The maximum Gasteiger partial charge on any atom is 0.138 e. The lowest BCUT2D eigenvalue weighted by molar-refractivity contribution is 0.932. The van der Waals surface area contributed by atoms with Gasteiger partial charge in [0.15, 0.2) is 0 Å². The lowest BCUT2D eigenvalue weighted by Gasteiger charge is -2.20. The molecule has 0 saturated heterocycles. The first-order valence-electron chi connectivity index (χ1n) is 9.50. The van der Waals surface area contributed by atoms with Crippen molar-refractivity contribution >= 4 is 38.1 Å². The van der Waals surface area contributed by atoms with Crippen molar-refractivity contribution < 1.29 is 0 Å². The van der Waals surface area contributed by atoms with Crippen molar-refractivity contribution in [3.05, 3.63) is 49.6 Å². The highest BCUT2D eigenvalue weighted by Crippen LogP contribution is 2.37. The smallest absolute Gasteiger partial charge is 0.138 e. The Bertz CT molecular complexity index is 911. The molecule has 0 radical (unpaired) electrons. The standard InChI is InChI=1S/C19H26N8P2/c1-24-10-6-20-16(24)28(17-21-7-11-25(17)2)14-5-15-29(18-22-8-12-26(18)3)19-23-9-13-27(19)4/h6-13H,5,14-15H2,1-4H3. The molecule has 152 valence electrons. The lowest BCUT2D eigenvalue weighted by atomic mass is 10.6. The molecule has 4 aromatic rings. The summed E-state index contributed by atoms with van der Waals surface area (Å²) in [5, 5.41) is 0. The first-order chi connectivity index (χ1) is 14.1. The van der Waals surface area contributed by atoms with Crippen molar-refractivity contribution in [2.75, 3.05) is 12.3 Å². The lowest BCUT2D eigenvalue weighted by Crippen LogP contribution is -2.29. The summed E-state index contributed by atoms with van der Waals surface area (Å²) in [6.45, 7) is 0. The number of aromatic nitrogens is 8. The van der Waals surface area contributed by atoms with E-state index >= 15 is 0 Å². The summed E-state index contributed by atoms with van der Waals surface area (Å²) >= 11 is 0. The molecule has 0 aliphatic carbocycles. The van der Waals surface area contributed by atoms with E-state index < -0.39 is 15.8 Å². The molecule has 8 nitrogen and oxygen atoms in total. The third kappa shape index (κ3) is 4.05. The van der Waals surface area contributed by atoms with Gasteiger partial charge in [-0.1, -0.05) is 0 Å². The molecule has 0 bridgehead atoms. The maximum atomic E-state index is 4.65. The first kappa shape index (κ1) is 20.0. The molecule has 0 amide bonds. The third-order valence-electron chi connectivity index (χ3n) is 4.91. The van der Waals surface area contributed by atoms with Crippen LogP contribution < -0.4 is 22.3 Å². The quantitative estimate of drug-likeness (QED) is 0.385. The van der Waals surface area contributed by atoms with Gasteiger partial charge in [0.2, 0.25) is 0 Å². The fourth-order valence-corrected chi connectivity index (χ4v) is 8.41. The average Bonchev–Trinajstić information content (AvgIpc) is 3.48. The summed E-state index contributed by atoms with van der Waals surface area (Å²) in [5.74, 6) is 0. The number of aryl methyl sites for hydroxylation is 4. The van der Waals surface area contributed by atoms with Gasteiger partial charge in [0.1, 0.15) is 22.3 Å². The van der Waals surface area contributed by atoms with E-state index in [1.807, 2.05) is 49.6 Å². The normalized spacial score (nSPS) is 11.8. The molecule has 10 heteroatoms. The molecule has 0 fully saturated rings. The van der Waals surface area contributed by atoms with Gasteiger partial charge in [0.25, 0.3) is 0 Å². The van der Waals surface area contributed by atoms with E-state index in [0.29, 0.717) is 0 Å². The van der Waals surface area contributed by atoms with E-state index in [1.54, 1.807) is 0 Å². The van der Waals surface area contributed by atoms with Gasteiger partial charge in [0.05, 0.1) is 0 Å². The monoisotopic (exact) mass is 428 g/mol. The van der Waals surface area contributed by atoms with Gasteiger partial charge >= 0.3 is 0 Å². The van der Waals surface area contributed by atoms with Crippen molar-refractivity contribution in [2.45, 2.75) is 6.42 Å². The van der Waals surface area contributed by atoms with Crippen LogP contribution in [-0.4, -0.2) is 50.5 Å². The Morgan fingerprint density at radius 2 is 0.828 bits per heavy atom. The summed E-state index contributed by atoms with van der Waals surface area (Å²) in [7, 11) is 7.02. The van der Waals surface area contributed by atoms with Gasteiger partial charge < -0.3 is 18.3 Å². The number of imidazole rings is 4. The van der Waals surface area contributed by atoms with Crippen molar-refractivity contribution in [3.8, 4) is 0 Å². The molecule has 4 rings (SSSR count). The van der Waals surface area contributed by atoms with Crippen LogP contribution in [0.4, 0.5) is 0 Å². The van der Waals surface area contributed by atoms with Gasteiger partial charge in [-0.3, -0.25) is 0 Å². The summed E-state index contributed by atoms with van der Waals surface area (Å²) in [6.07, 6.45) is 18.7. The minimum atomic E-state index is -0.620. The van der Waals surface area contributed by atoms with Crippen molar-refractivity contribution in [3.63, 3.8) is 0 Å². The molecular formula is C19H26N8P2. The second-order valence-electron chi connectivity index (χ2n) is 7.01. The van der Waals surface area contributed by atoms with Crippen LogP contribution in [0, 0.1) is 0 Å². The third-order valence-corrected chi connectivity index (χ3v) is 10.1. The highest BCUT2D eigenvalue weighted by atomic mass is 31.1. The van der Waals surface area contributed by atoms with Crippen LogP contribution >= 0.6 is 15.8 Å². The van der Waals surface area contributed by atoms with Crippen molar-refractivity contribution in [1.82, 2.24) is 38.2 Å². The van der Waals surface area contributed by atoms with Gasteiger partial charge in [0, 0.05) is 93.6 Å². The average molecular weight is 428 g/mol. The number of rotatable bonds is 8. The summed E-state index contributed by atoms with van der Waals surface area (Å²) in [6, 6.07) is 0. The second kappa shape index (κ2) is 8.60. The molecule has 0 unspecified atom stereocenters. The fraction of sp³-hybridized carbons (Fsp3) is 0.368. The summed E-state index contributed by atoms with van der Waals surface area (Å²) in [4.78, 5) is 18.6. The molecule has 4 aromatic heterocycles. The molecular weight excluding hydrogens is 402 g/mol. The molecule has 0 N–H and O–H groups in total. The first-order valence-corrected chi connectivity index (χ1v) is 12.6.